The summed E-state index contributed by atoms with van der Waals surface area (Å²) in [5.74, 6) is -0.00395. The van der Waals surface area contributed by atoms with Crippen LogP contribution in [0.5, 0.6) is 11.5 Å². The highest BCUT2D eigenvalue weighted by molar-refractivity contribution is 9.10. The van der Waals surface area contributed by atoms with Crippen LogP contribution >= 0.6 is 15.9 Å². The highest BCUT2D eigenvalue weighted by atomic mass is 79.9. The van der Waals surface area contributed by atoms with E-state index in [9.17, 15) is 9.18 Å². The molecular weight excluding hydrogens is 301 g/mol. The zero-order valence-corrected chi connectivity index (χ0v) is 10.6. The number of hydrogen-bond acceptors (Lipinski definition) is 2. The molecule has 90 valence electrons. The van der Waals surface area contributed by atoms with Crippen molar-refractivity contribution in [3.8, 4) is 11.5 Å². The number of halogens is 2. The summed E-state index contributed by atoms with van der Waals surface area (Å²) >= 11 is 3.30. The van der Waals surface area contributed by atoms with E-state index in [0.29, 0.717) is 22.7 Å². The smallest absolute Gasteiger partial charge is 0.259 e. The summed E-state index contributed by atoms with van der Waals surface area (Å²) < 4.78 is 19.5. The fourth-order valence-corrected chi connectivity index (χ4v) is 2.10. The summed E-state index contributed by atoms with van der Waals surface area (Å²) in [5, 5.41) is 2.68. The van der Waals surface area contributed by atoms with Crippen LogP contribution in [0.25, 0.3) is 0 Å². The molecule has 18 heavy (non-hydrogen) atoms. The summed E-state index contributed by atoms with van der Waals surface area (Å²) in [5.41, 5.74) is 0.864. The third-order valence-corrected chi connectivity index (χ3v) is 3.09. The van der Waals surface area contributed by atoms with Crippen LogP contribution in [-0.2, 0) is 0 Å². The van der Waals surface area contributed by atoms with Gasteiger partial charge in [0.15, 0.2) is 5.75 Å². The molecule has 1 aliphatic rings. The Morgan fingerprint density at radius 3 is 2.78 bits per heavy atom. The minimum absolute atomic E-state index is 0.275. The Bertz CT molecular complexity index is 657. The number of hydrogen-bond donors (Lipinski definition) is 1. The van der Waals surface area contributed by atoms with Crippen LogP contribution in [0, 0.1) is 5.82 Å². The van der Waals surface area contributed by atoms with Gasteiger partial charge in [0.2, 0.25) is 0 Å². The largest absolute Gasteiger partial charge is 0.454 e. The minimum Gasteiger partial charge on any atom is -0.454 e. The van der Waals surface area contributed by atoms with Crippen LogP contribution in [0.4, 0.5) is 10.1 Å². The first-order valence-corrected chi connectivity index (χ1v) is 6.01. The van der Waals surface area contributed by atoms with Gasteiger partial charge in [0, 0.05) is 10.5 Å². The van der Waals surface area contributed by atoms with Crippen LogP contribution in [0.15, 0.2) is 40.9 Å². The number of fused-ring (bicyclic) bond motifs is 2. The molecule has 3 nitrogen and oxygen atoms in total. The van der Waals surface area contributed by atoms with Crippen molar-refractivity contribution in [2.24, 2.45) is 0 Å². The fourth-order valence-electron chi connectivity index (χ4n) is 1.76. The number of rotatable bonds is 0. The monoisotopic (exact) mass is 307 g/mol. The molecule has 0 atom stereocenters. The SMILES string of the molecule is O=C1Nc2ccc(F)cc2Oc2cc(Br)ccc21. The van der Waals surface area contributed by atoms with Crippen molar-refractivity contribution >= 4 is 27.5 Å². The molecule has 0 aromatic heterocycles. The molecule has 2 aromatic carbocycles. The van der Waals surface area contributed by atoms with Crippen LogP contribution in [0.1, 0.15) is 10.4 Å². The van der Waals surface area contributed by atoms with Crippen LogP contribution in [-0.4, -0.2) is 5.91 Å². The van der Waals surface area contributed by atoms with Gasteiger partial charge in [-0.25, -0.2) is 4.39 Å². The molecule has 0 aliphatic carbocycles. The third kappa shape index (κ3) is 1.86. The molecule has 0 radical (unpaired) electrons. The maximum absolute atomic E-state index is 13.2. The first kappa shape index (κ1) is 11.2. The van der Waals surface area contributed by atoms with Crippen molar-refractivity contribution in [1.29, 1.82) is 0 Å². The second-order valence-corrected chi connectivity index (χ2v) is 4.75. The Hall–Kier alpha value is -1.88. The number of amides is 1. The minimum atomic E-state index is -0.415. The molecular formula is C13H7BrFNO2. The van der Waals surface area contributed by atoms with Gasteiger partial charge in [-0.05, 0) is 30.3 Å². The van der Waals surface area contributed by atoms with Crippen LogP contribution in [0.3, 0.4) is 0 Å². The second-order valence-electron chi connectivity index (χ2n) is 3.84. The number of ether oxygens (including phenoxy) is 1. The average molecular weight is 308 g/mol. The summed E-state index contributed by atoms with van der Waals surface area (Å²) in [6.45, 7) is 0. The van der Waals surface area contributed by atoms with E-state index in [-0.39, 0.29) is 5.91 Å². The molecule has 1 amide bonds. The van der Waals surface area contributed by atoms with Crippen LogP contribution < -0.4 is 10.1 Å². The molecule has 1 aliphatic heterocycles. The summed E-state index contributed by atoms with van der Waals surface area (Å²) in [6.07, 6.45) is 0. The van der Waals surface area contributed by atoms with E-state index < -0.39 is 5.82 Å². The van der Waals surface area contributed by atoms with E-state index in [1.54, 1.807) is 18.2 Å². The van der Waals surface area contributed by atoms with Gasteiger partial charge in [-0.1, -0.05) is 15.9 Å². The topological polar surface area (TPSA) is 38.3 Å². The summed E-state index contributed by atoms with van der Waals surface area (Å²) in [4.78, 5) is 12.0. The standard InChI is InChI=1S/C13H7BrFNO2/c14-7-1-3-9-11(5-7)18-12-6-8(15)2-4-10(12)16-13(9)17/h1-6H,(H,16,17). The number of anilines is 1. The molecule has 0 saturated heterocycles. The molecule has 1 N–H and O–H groups in total. The Balaban J connectivity index is 2.18. The first-order chi connectivity index (χ1) is 8.63. The summed E-state index contributed by atoms with van der Waals surface area (Å²) in [7, 11) is 0. The average Bonchev–Trinajstić information content (AvgIpc) is 2.44. The van der Waals surface area contributed by atoms with Crippen molar-refractivity contribution in [2.75, 3.05) is 5.32 Å². The van der Waals surface area contributed by atoms with Gasteiger partial charge in [-0.2, -0.15) is 0 Å². The second kappa shape index (κ2) is 4.10. The maximum Gasteiger partial charge on any atom is 0.259 e. The molecule has 0 fully saturated rings. The van der Waals surface area contributed by atoms with Gasteiger partial charge in [-0.15, -0.1) is 0 Å². The lowest BCUT2D eigenvalue weighted by atomic mass is 10.2. The van der Waals surface area contributed by atoms with Crippen molar-refractivity contribution in [3.63, 3.8) is 0 Å². The molecule has 3 rings (SSSR count). The molecule has 1 heterocycles. The van der Waals surface area contributed by atoms with E-state index in [0.717, 1.165) is 4.47 Å². The third-order valence-electron chi connectivity index (χ3n) is 2.60. The lowest BCUT2D eigenvalue weighted by Crippen LogP contribution is -2.10. The summed E-state index contributed by atoms with van der Waals surface area (Å²) in [6, 6.07) is 9.06. The van der Waals surface area contributed by atoms with E-state index in [1.165, 1.54) is 18.2 Å². The molecule has 0 spiro atoms. The molecule has 0 saturated carbocycles. The maximum atomic E-state index is 13.2. The van der Waals surface area contributed by atoms with Crippen molar-refractivity contribution in [1.82, 2.24) is 0 Å². The Kier molecular flexibility index (Phi) is 2.56. The number of carbonyl (C=O) groups is 1. The van der Waals surface area contributed by atoms with E-state index >= 15 is 0 Å². The number of carbonyl (C=O) groups excluding carboxylic acids is 1. The van der Waals surface area contributed by atoms with Crippen molar-refractivity contribution in [2.45, 2.75) is 0 Å². The van der Waals surface area contributed by atoms with Gasteiger partial charge in [0.1, 0.15) is 11.6 Å². The lowest BCUT2D eigenvalue weighted by Gasteiger charge is -2.07. The van der Waals surface area contributed by atoms with Crippen molar-refractivity contribution in [3.05, 3.63) is 52.3 Å². The number of benzene rings is 2. The zero-order chi connectivity index (χ0) is 12.7. The van der Waals surface area contributed by atoms with Gasteiger partial charge < -0.3 is 10.1 Å². The quantitative estimate of drug-likeness (QED) is 0.800. The fraction of sp³-hybridized carbons (Fsp3) is 0. The normalized spacial score (nSPS) is 12.9. The van der Waals surface area contributed by atoms with Crippen LogP contribution in [0.2, 0.25) is 0 Å². The molecule has 0 bridgehead atoms. The number of nitrogens with one attached hydrogen (secondary N) is 1. The van der Waals surface area contributed by atoms with Gasteiger partial charge in [-0.3, -0.25) is 4.79 Å². The van der Waals surface area contributed by atoms with Gasteiger partial charge >= 0.3 is 0 Å². The van der Waals surface area contributed by atoms with Gasteiger partial charge in [0.25, 0.3) is 5.91 Å². The van der Waals surface area contributed by atoms with E-state index in [1.807, 2.05) is 0 Å². The molecule has 2 aromatic rings. The van der Waals surface area contributed by atoms with Crippen molar-refractivity contribution < 1.29 is 13.9 Å². The highest BCUT2D eigenvalue weighted by Crippen LogP contribution is 2.37. The molecule has 0 unspecified atom stereocenters. The lowest BCUT2D eigenvalue weighted by molar-refractivity contribution is 0.102. The Labute approximate surface area is 111 Å². The Morgan fingerprint density at radius 2 is 1.94 bits per heavy atom. The molecule has 5 heteroatoms. The van der Waals surface area contributed by atoms with E-state index in [2.05, 4.69) is 21.2 Å². The Morgan fingerprint density at radius 1 is 1.11 bits per heavy atom. The predicted octanol–water partition coefficient (Wildman–Crippen LogP) is 3.95. The zero-order valence-electron chi connectivity index (χ0n) is 9.04. The first-order valence-electron chi connectivity index (χ1n) is 5.22. The van der Waals surface area contributed by atoms with Gasteiger partial charge in [0.05, 0.1) is 11.3 Å². The highest BCUT2D eigenvalue weighted by Gasteiger charge is 2.21. The predicted molar refractivity (Wildman–Crippen MR) is 68.6 cm³/mol. The van der Waals surface area contributed by atoms with E-state index in [4.69, 9.17) is 4.74 Å².